The van der Waals surface area contributed by atoms with Gasteiger partial charge in [-0.15, -0.1) is 0 Å². The number of nitro groups is 1. The van der Waals surface area contributed by atoms with Crippen LogP contribution in [0.15, 0.2) is 53.6 Å². The van der Waals surface area contributed by atoms with E-state index in [1.165, 1.54) is 48.5 Å². The van der Waals surface area contributed by atoms with E-state index in [1.807, 2.05) is 0 Å². The molecule has 0 atom stereocenters. The number of nitro benzene ring substituents is 1. The summed E-state index contributed by atoms with van der Waals surface area (Å²) in [6, 6.07) is 10.2. The van der Waals surface area contributed by atoms with Crippen LogP contribution in [0.1, 0.15) is 5.56 Å². The van der Waals surface area contributed by atoms with E-state index >= 15 is 0 Å². The van der Waals surface area contributed by atoms with Gasteiger partial charge in [-0.25, -0.2) is 4.39 Å². The first-order valence-electron chi connectivity index (χ1n) is 7.31. The first-order chi connectivity index (χ1) is 12.8. The molecule has 138 valence electrons. The van der Waals surface area contributed by atoms with E-state index in [9.17, 15) is 19.3 Å². The molecule has 0 saturated carbocycles. The standard InChI is InChI=1S/C16H13FN6O3S/c17-10-3-5-11(6-4-10)21-22-14(15(24)20-16(19)27)13(18)9-1-7-12(8-2-9)23(25)26/h1-8,18,21H,(H3,19,20,24,27). The fraction of sp³-hybridized carbons (Fsp3) is 0. The van der Waals surface area contributed by atoms with E-state index in [0.717, 1.165) is 0 Å². The van der Waals surface area contributed by atoms with E-state index in [0.29, 0.717) is 5.69 Å². The fourth-order valence-corrected chi connectivity index (χ4v) is 2.02. The van der Waals surface area contributed by atoms with Gasteiger partial charge in [0, 0.05) is 17.7 Å². The molecule has 1 amide bonds. The average Bonchev–Trinajstić information content (AvgIpc) is 2.62. The van der Waals surface area contributed by atoms with Gasteiger partial charge < -0.3 is 5.73 Å². The summed E-state index contributed by atoms with van der Waals surface area (Å²) in [6.07, 6.45) is 0. The summed E-state index contributed by atoms with van der Waals surface area (Å²) < 4.78 is 13.0. The molecule has 11 heteroatoms. The van der Waals surface area contributed by atoms with Gasteiger partial charge in [-0.3, -0.25) is 31.1 Å². The minimum atomic E-state index is -0.847. The summed E-state index contributed by atoms with van der Waals surface area (Å²) in [4.78, 5) is 22.4. The van der Waals surface area contributed by atoms with Crippen molar-refractivity contribution < 1.29 is 14.1 Å². The van der Waals surface area contributed by atoms with Crippen LogP contribution in [0.5, 0.6) is 0 Å². The number of nitrogens with two attached hydrogens (primary N) is 1. The summed E-state index contributed by atoms with van der Waals surface area (Å²) in [5.74, 6) is -1.30. The number of thiocarbonyl (C=S) groups is 1. The molecular weight excluding hydrogens is 375 g/mol. The molecule has 2 rings (SSSR count). The Morgan fingerprint density at radius 1 is 1.19 bits per heavy atom. The summed E-state index contributed by atoms with van der Waals surface area (Å²) in [7, 11) is 0. The summed E-state index contributed by atoms with van der Waals surface area (Å²) in [6.45, 7) is 0. The molecule has 27 heavy (non-hydrogen) atoms. The number of hydrogen-bond acceptors (Lipinski definition) is 7. The van der Waals surface area contributed by atoms with Gasteiger partial charge in [-0.05, 0) is 48.6 Å². The largest absolute Gasteiger partial charge is 0.376 e. The summed E-state index contributed by atoms with van der Waals surface area (Å²) in [5.41, 5.74) is 7.53. The molecule has 0 radical (unpaired) electrons. The predicted molar refractivity (Wildman–Crippen MR) is 102 cm³/mol. The molecule has 0 aliphatic rings. The van der Waals surface area contributed by atoms with Crippen molar-refractivity contribution in [1.82, 2.24) is 5.32 Å². The maximum atomic E-state index is 13.0. The zero-order valence-electron chi connectivity index (χ0n) is 13.6. The van der Waals surface area contributed by atoms with Crippen LogP contribution >= 0.6 is 12.2 Å². The lowest BCUT2D eigenvalue weighted by Crippen LogP contribution is -2.42. The molecule has 0 spiro atoms. The molecule has 2 aromatic rings. The third-order valence-corrected chi connectivity index (χ3v) is 3.30. The monoisotopic (exact) mass is 388 g/mol. The number of halogens is 1. The van der Waals surface area contributed by atoms with Crippen molar-refractivity contribution >= 4 is 46.0 Å². The second kappa shape index (κ2) is 8.58. The zero-order valence-corrected chi connectivity index (χ0v) is 14.4. The van der Waals surface area contributed by atoms with Crippen molar-refractivity contribution in [3.05, 3.63) is 70.0 Å². The van der Waals surface area contributed by atoms with Crippen LogP contribution in [0.3, 0.4) is 0 Å². The Morgan fingerprint density at radius 2 is 1.78 bits per heavy atom. The van der Waals surface area contributed by atoms with Crippen LogP contribution in [0.2, 0.25) is 0 Å². The molecule has 0 aromatic heterocycles. The number of carbonyl (C=O) groups excluding carboxylic acids is 1. The second-order valence-electron chi connectivity index (χ2n) is 5.08. The molecule has 0 fully saturated rings. The van der Waals surface area contributed by atoms with Gasteiger partial charge in [-0.1, -0.05) is 0 Å². The van der Waals surface area contributed by atoms with Gasteiger partial charge in [-0.2, -0.15) is 5.10 Å². The number of non-ortho nitro benzene ring substituents is 1. The van der Waals surface area contributed by atoms with Crippen molar-refractivity contribution in [2.45, 2.75) is 0 Å². The van der Waals surface area contributed by atoms with E-state index in [-0.39, 0.29) is 27.8 Å². The van der Waals surface area contributed by atoms with Crippen molar-refractivity contribution in [2.75, 3.05) is 5.43 Å². The lowest BCUT2D eigenvalue weighted by atomic mass is 10.1. The smallest absolute Gasteiger partial charge is 0.280 e. The number of nitrogens with one attached hydrogen (secondary N) is 3. The number of hydrazone groups is 1. The van der Waals surface area contributed by atoms with E-state index in [1.54, 1.807) is 0 Å². The molecular formula is C16H13FN6O3S. The molecule has 0 unspecified atom stereocenters. The highest BCUT2D eigenvalue weighted by Gasteiger charge is 2.20. The fourth-order valence-electron chi connectivity index (χ4n) is 1.92. The number of carbonyl (C=O) groups is 1. The number of amides is 1. The quantitative estimate of drug-likeness (QED) is 0.257. The van der Waals surface area contributed by atoms with Gasteiger partial charge in [0.15, 0.2) is 10.8 Å². The Labute approximate surface area is 157 Å². The van der Waals surface area contributed by atoms with E-state index in [4.69, 9.17) is 11.1 Å². The lowest BCUT2D eigenvalue weighted by Gasteiger charge is -2.09. The first kappa shape index (κ1) is 19.6. The molecule has 0 aliphatic heterocycles. The molecule has 9 nitrogen and oxygen atoms in total. The van der Waals surface area contributed by atoms with Crippen LogP contribution < -0.4 is 16.5 Å². The van der Waals surface area contributed by atoms with Gasteiger partial charge in [0.25, 0.3) is 11.6 Å². The van der Waals surface area contributed by atoms with Crippen LogP contribution in [-0.4, -0.2) is 27.4 Å². The summed E-state index contributed by atoms with van der Waals surface area (Å²) >= 11 is 4.62. The van der Waals surface area contributed by atoms with Gasteiger partial charge >= 0.3 is 0 Å². The third-order valence-electron chi connectivity index (χ3n) is 3.20. The van der Waals surface area contributed by atoms with Gasteiger partial charge in [0.1, 0.15) is 5.82 Å². The number of nitrogens with zero attached hydrogens (tertiary/aromatic N) is 2. The molecule has 0 aliphatic carbocycles. The maximum Gasteiger partial charge on any atom is 0.280 e. The Morgan fingerprint density at radius 3 is 2.30 bits per heavy atom. The zero-order chi connectivity index (χ0) is 20.0. The Balaban J connectivity index is 2.32. The highest BCUT2D eigenvalue weighted by molar-refractivity contribution is 7.80. The predicted octanol–water partition coefficient (Wildman–Crippen LogP) is 1.93. The number of rotatable bonds is 6. The normalized spacial score (nSPS) is 10.8. The Bertz CT molecular complexity index is 928. The molecule has 5 N–H and O–H groups in total. The highest BCUT2D eigenvalue weighted by atomic mass is 32.1. The van der Waals surface area contributed by atoms with Gasteiger partial charge in [0.2, 0.25) is 0 Å². The topological polar surface area (TPSA) is 146 Å². The average molecular weight is 388 g/mol. The van der Waals surface area contributed by atoms with Crippen molar-refractivity contribution in [3.8, 4) is 0 Å². The minimum absolute atomic E-state index is 0.165. The Kier molecular flexibility index (Phi) is 6.23. The minimum Gasteiger partial charge on any atom is -0.376 e. The van der Waals surface area contributed by atoms with Crippen molar-refractivity contribution in [3.63, 3.8) is 0 Å². The van der Waals surface area contributed by atoms with Crippen molar-refractivity contribution in [2.24, 2.45) is 10.8 Å². The molecule has 0 bridgehead atoms. The molecule has 0 saturated heterocycles. The van der Waals surface area contributed by atoms with E-state index in [2.05, 4.69) is 28.1 Å². The molecule has 0 heterocycles. The number of benzene rings is 2. The number of anilines is 1. The van der Waals surface area contributed by atoms with E-state index < -0.39 is 16.6 Å². The van der Waals surface area contributed by atoms with Crippen LogP contribution in [0.25, 0.3) is 0 Å². The summed E-state index contributed by atoms with van der Waals surface area (Å²) in [5, 5.41) is 24.6. The van der Waals surface area contributed by atoms with Crippen molar-refractivity contribution in [1.29, 1.82) is 5.41 Å². The van der Waals surface area contributed by atoms with Crippen LogP contribution in [0.4, 0.5) is 15.8 Å². The number of hydrogen-bond donors (Lipinski definition) is 4. The SMILES string of the molecule is N=C(C(=NNc1ccc(F)cc1)C(=O)NC(N)=S)c1ccc([N+](=O)[O-])cc1. The van der Waals surface area contributed by atoms with Crippen LogP contribution in [0, 0.1) is 21.3 Å². The first-order valence-corrected chi connectivity index (χ1v) is 7.72. The lowest BCUT2D eigenvalue weighted by molar-refractivity contribution is -0.384. The Hall–Kier alpha value is -3.73. The van der Waals surface area contributed by atoms with Crippen LogP contribution in [-0.2, 0) is 4.79 Å². The second-order valence-corrected chi connectivity index (χ2v) is 5.52. The maximum absolute atomic E-state index is 13.0. The van der Waals surface area contributed by atoms with Gasteiger partial charge in [0.05, 0.1) is 16.3 Å². The molecule has 2 aromatic carbocycles. The third kappa shape index (κ3) is 5.37. The highest BCUT2D eigenvalue weighted by Crippen LogP contribution is 2.13.